The van der Waals surface area contributed by atoms with Gasteiger partial charge in [0, 0.05) is 31.6 Å². The second-order valence-electron chi connectivity index (χ2n) is 5.67. The van der Waals surface area contributed by atoms with Gasteiger partial charge in [-0.2, -0.15) is 0 Å². The van der Waals surface area contributed by atoms with Crippen molar-refractivity contribution in [3.63, 3.8) is 0 Å². The van der Waals surface area contributed by atoms with Gasteiger partial charge in [-0.05, 0) is 25.0 Å². The van der Waals surface area contributed by atoms with Gasteiger partial charge in [0.25, 0.3) is 0 Å². The van der Waals surface area contributed by atoms with E-state index in [0.29, 0.717) is 32.5 Å². The van der Waals surface area contributed by atoms with Crippen LogP contribution < -0.4 is 10.5 Å². The van der Waals surface area contributed by atoms with Crippen LogP contribution in [0.25, 0.3) is 0 Å². The van der Waals surface area contributed by atoms with Crippen molar-refractivity contribution in [2.45, 2.75) is 30.7 Å². The van der Waals surface area contributed by atoms with Crippen molar-refractivity contribution >= 4 is 28.3 Å². The zero-order chi connectivity index (χ0) is 16.2. The van der Waals surface area contributed by atoms with Crippen molar-refractivity contribution in [3.05, 3.63) is 30.3 Å². The summed E-state index contributed by atoms with van der Waals surface area (Å²) < 4.78 is 27.2. The summed E-state index contributed by atoms with van der Waals surface area (Å²) in [6, 6.07) is 8.19. The van der Waals surface area contributed by atoms with Crippen molar-refractivity contribution < 1.29 is 13.2 Å². The Labute approximate surface area is 143 Å². The molecule has 8 heteroatoms. The Hall–Kier alpha value is -1.15. The summed E-state index contributed by atoms with van der Waals surface area (Å²) in [4.78, 5) is 14.1. The number of halogens is 1. The van der Waals surface area contributed by atoms with Crippen molar-refractivity contribution in [2.75, 3.05) is 19.6 Å². The lowest BCUT2D eigenvalue weighted by Crippen LogP contribution is -2.48. The maximum absolute atomic E-state index is 12.3. The van der Waals surface area contributed by atoms with Crippen LogP contribution >= 0.6 is 12.4 Å². The van der Waals surface area contributed by atoms with E-state index in [-0.39, 0.29) is 35.2 Å². The molecule has 1 atom stereocenters. The van der Waals surface area contributed by atoms with E-state index < -0.39 is 10.0 Å². The first-order chi connectivity index (χ1) is 10.4. The molecule has 130 valence electrons. The number of piperidine rings is 1. The summed E-state index contributed by atoms with van der Waals surface area (Å²) in [7, 11) is -3.49. The molecule has 3 N–H and O–H groups in total. The topological polar surface area (TPSA) is 92.5 Å². The van der Waals surface area contributed by atoms with Gasteiger partial charge in [-0.25, -0.2) is 13.1 Å². The number of carbonyl (C=O) groups excluding carboxylic acids is 1. The highest BCUT2D eigenvalue weighted by molar-refractivity contribution is 7.89. The largest absolute Gasteiger partial charge is 0.342 e. The fraction of sp³-hybridized carbons (Fsp3) is 0.533. The molecule has 1 amide bonds. The Balaban J connectivity index is 0.00000264. The number of benzene rings is 1. The second-order valence-corrected chi connectivity index (χ2v) is 7.38. The minimum absolute atomic E-state index is 0. The molecule has 0 aromatic heterocycles. The molecule has 0 saturated carbocycles. The lowest BCUT2D eigenvalue weighted by atomic mass is 10.0. The van der Waals surface area contributed by atoms with Crippen molar-refractivity contribution in [1.29, 1.82) is 0 Å². The lowest BCUT2D eigenvalue weighted by Gasteiger charge is -2.33. The summed E-state index contributed by atoms with van der Waals surface area (Å²) in [5.74, 6) is -0.135. The maximum atomic E-state index is 12.3. The summed E-state index contributed by atoms with van der Waals surface area (Å²) >= 11 is 0. The van der Waals surface area contributed by atoms with Crippen LogP contribution in [0.2, 0.25) is 0 Å². The first-order valence-corrected chi connectivity index (χ1v) is 8.98. The highest BCUT2D eigenvalue weighted by atomic mass is 35.5. The SMILES string of the molecule is CC(CN)C(=O)N1CCC(NS(=O)(=O)c2ccccc2)CC1.Cl. The summed E-state index contributed by atoms with van der Waals surface area (Å²) in [5, 5.41) is 0. The van der Waals surface area contributed by atoms with E-state index in [2.05, 4.69) is 4.72 Å². The molecule has 1 aliphatic rings. The standard InChI is InChI=1S/C15H23N3O3S.ClH/c1-12(11-16)15(19)18-9-7-13(8-10-18)17-22(20,21)14-5-3-2-4-6-14;/h2-6,12-13,17H,7-11,16H2,1H3;1H. The Morgan fingerprint density at radius 1 is 1.30 bits per heavy atom. The van der Waals surface area contributed by atoms with Crippen LogP contribution in [-0.2, 0) is 14.8 Å². The van der Waals surface area contributed by atoms with Crippen LogP contribution in [0.3, 0.4) is 0 Å². The van der Waals surface area contributed by atoms with E-state index in [1.165, 1.54) is 0 Å². The molecule has 0 aliphatic carbocycles. The number of nitrogens with one attached hydrogen (secondary N) is 1. The predicted molar refractivity (Wildman–Crippen MR) is 91.8 cm³/mol. The first kappa shape index (κ1) is 19.9. The van der Waals surface area contributed by atoms with Gasteiger partial charge in [0.15, 0.2) is 0 Å². The Bertz CT molecular complexity index is 602. The molecule has 0 spiro atoms. The number of nitrogens with two attached hydrogens (primary N) is 1. The number of carbonyl (C=O) groups is 1. The molecular weight excluding hydrogens is 338 g/mol. The van der Waals surface area contributed by atoms with Crippen molar-refractivity contribution in [3.8, 4) is 0 Å². The molecule has 23 heavy (non-hydrogen) atoms. The Morgan fingerprint density at radius 2 is 1.87 bits per heavy atom. The van der Waals surface area contributed by atoms with Crippen LogP contribution in [0.1, 0.15) is 19.8 Å². The molecule has 2 rings (SSSR count). The molecular formula is C15H24ClN3O3S. The molecule has 1 saturated heterocycles. The van der Waals surface area contributed by atoms with Crippen molar-refractivity contribution in [2.24, 2.45) is 11.7 Å². The predicted octanol–water partition coefficient (Wildman–Crippen LogP) is 0.973. The average molecular weight is 362 g/mol. The number of hydrogen-bond donors (Lipinski definition) is 2. The van der Waals surface area contributed by atoms with Gasteiger partial charge in [0.1, 0.15) is 0 Å². The number of amides is 1. The minimum Gasteiger partial charge on any atom is -0.342 e. The molecule has 1 fully saturated rings. The number of nitrogens with zero attached hydrogens (tertiary/aromatic N) is 1. The summed E-state index contributed by atoms with van der Waals surface area (Å²) in [6.45, 7) is 3.27. The molecule has 1 aliphatic heterocycles. The van der Waals surface area contributed by atoms with Crippen molar-refractivity contribution in [1.82, 2.24) is 9.62 Å². The number of hydrogen-bond acceptors (Lipinski definition) is 4. The third-order valence-electron chi connectivity index (χ3n) is 3.96. The van der Waals surface area contributed by atoms with Gasteiger partial charge in [-0.3, -0.25) is 4.79 Å². The molecule has 6 nitrogen and oxygen atoms in total. The first-order valence-electron chi connectivity index (χ1n) is 7.50. The molecule has 1 unspecified atom stereocenters. The van der Waals surface area contributed by atoms with E-state index in [0.717, 1.165) is 0 Å². The molecule has 1 aromatic carbocycles. The minimum atomic E-state index is -3.49. The third kappa shape index (κ3) is 5.17. The zero-order valence-electron chi connectivity index (χ0n) is 13.1. The fourth-order valence-corrected chi connectivity index (χ4v) is 3.84. The van der Waals surface area contributed by atoms with Crippen LogP contribution in [0.5, 0.6) is 0 Å². The zero-order valence-corrected chi connectivity index (χ0v) is 14.8. The smallest absolute Gasteiger partial charge is 0.240 e. The maximum Gasteiger partial charge on any atom is 0.240 e. The summed E-state index contributed by atoms with van der Waals surface area (Å²) in [6.07, 6.45) is 1.24. The van der Waals surface area contributed by atoms with E-state index in [9.17, 15) is 13.2 Å². The average Bonchev–Trinajstić information content (AvgIpc) is 2.54. The van der Waals surface area contributed by atoms with Gasteiger partial charge >= 0.3 is 0 Å². The molecule has 0 bridgehead atoms. The normalized spacial score (nSPS) is 17.4. The van der Waals surface area contributed by atoms with Crippen LogP contribution in [0.15, 0.2) is 35.2 Å². The Kier molecular flexibility index (Phi) is 7.47. The number of sulfonamides is 1. The van der Waals surface area contributed by atoms with E-state index in [1.54, 1.807) is 35.2 Å². The van der Waals surface area contributed by atoms with Gasteiger partial charge in [-0.1, -0.05) is 25.1 Å². The van der Waals surface area contributed by atoms with E-state index in [1.807, 2.05) is 6.92 Å². The molecule has 1 aromatic rings. The van der Waals surface area contributed by atoms with Gasteiger partial charge < -0.3 is 10.6 Å². The second kappa shape index (κ2) is 8.63. The third-order valence-corrected chi connectivity index (χ3v) is 5.49. The lowest BCUT2D eigenvalue weighted by molar-refractivity contribution is -0.135. The number of rotatable bonds is 5. The Morgan fingerprint density at radius 3 is 2.39 bits per heavy atom. The van der Waals surface area contributed by atoms with E-state index >= 15 is 0 Å². The highest BCUT2D eigenvalue weighted by Crippen LogP contribution is 2.16. The van der Waals surface area contributed by atoms with Crippen LogP contribution in [0, 0.1) is 5.92 Å². The highest BCUT2D eigenvalue weighted by Gasteiger charge is 2.28. The van der Waals surface area contributed by atoms with Crippen LogP contribution in [0.4, 0.5) is 0 Å². The van der Waals surface area contributed by atoms with Crippen LogP contribution in [-0.4, -0.2) is 44.9 Å². The molecule has 1 heterocycles. The van der Waals surface area contributed by atoms with E-state index in [4.69, 9.17) is 5.73 Å². The molecule has 0 radical (unpaired) electrons. The van der Waals surface area contributed by atoms with Gasteiger partial charge in [0.2, 0.25) is 15.9 Å². The summed E-state index contributed by atoms with van der Waals surface area (Å²) in [5.41, 5.74) is 5.52. The fourth-order valence-electron chi connectivity index (χ4n) is 2.52. The number of likely N-dealkylation sites (tertiary alicyclic amines) is 1. The van der Waals surface area contributed by atoms with Gasteiger partial charge in [0.05, 0.1) is 4.90 Å². The quantitative estimate of drug-likeness (QED) is 0.817. The van der Waals surface area contributed by atoms with Gasteiger partial charge in [-0.15, -0.1) is 12.4 Å². The monoisotopic (exact) mass is 361 g/mol.